The average Bonchev–Trinajstić information content (AvgIpc) is 3.34. The van der Waals surface area contributed by atoms with Crippen molar-refractivity contribution < 1.29 is 19.7 Å². The molecule has 1 aliphatic heterocycles. The third kappa shape index (κ3) is 5.41. The summed E-state index contributed by atoms with van der Waals surface area (Å²) >= 11 is 6.12. The van der Waals surface area contributed by atoms with Crippen molar-refractivity contribution in [2.24, 2.45) is 0 Å². The Morgan fingerprint density at radius 3 is 2.72 bits per heavy atom. The van der Waals surface area contributed by atoms with E-state index in [0.29, 0.717) is 23.3 Å². The molecule has 0 bridgehead atoms. The van der Waals surface area contributed by atoms with E-state index in [4.69, 9.17) is 22.8 Å². The standard InChI is InChI=1S/C23H31ClN4O4/c1-3-5-6-7-8-9-10-11-18(31)25-20-16-12-13-28(21(16)27-22(24)26-20)19-14-17(30)23(4-2,15-29)32-19/h2,12-13,17,19,29-30H,3,5-11,14-15H2,1H3,(H,25,26,27,31)/t17-,19+,23+/m0/s1. The van der Waals surface area contributed by atoms with Crippen LogP contribution in [-0.2, 0) is 9.53 Å². The zero-order valence-corrected chi connectivity index (χ0v) is 19.1. The summed E-state index contributed by atoms with van der Waals surface area (Å²) < 4.78 is 7.48. The number of nitrogens with one attached hydrogen (secondary N) is 1. The number of anilines is 1. The van der Waals surface area contributed by atoms with E-state index in [0.717, 1.165) is 19.3 Å². The minimum atomic E-state index is -1.47. The topological polar surface area (TPSA) is 110 Å². The summed E-state index contributed by atoms with van der Waals surface area (Å²) in [6.07, 6.45) is 14.0. The first-order valence-electron chi connectivity index (χ1n) is 11.2. The Morgan fingerprint density at radius 2 is 2.06 bits per heavy atom. The van der Waals surface area contributed by atoms with Gasteiger partial charge in [0, 0.05) is 19.0 Å². The maximum Gasteiger partial charge on any atom is 0.226 e. The lowest BCUT2D eigenvalue weighted by Crippen LogP contribution is -2.41. The van der Waals surface area contributed by atoms with E-state index in [1.54, 1.807) is 16.8 Å². The monoisotopic (exact) mass is 462 g/mol. The van der Waals surface area contributed by atoms with Crippen LogP contribution in [-0.4, -0.2) is 49.0 Å². The molecule has 3 atom stereocenters. The van der Waals surface area contributed by atoms with Gasteiger partial charge in [0.05, 0.1) is 12.0 Å². The van der Waals surface area contributed by atoms with Gasteiger partial charge in [0.2, 0.25) is 11.2 Å². The van der Waals surface area contributed by atoms with Crippen molar-refractivity contribution in [2.75, 3.05) is 11.9 Å². The Morgan fingerprint density at radius 1 is 1.34 bits per heavy atom. The molecule has 2 aromatic heterocycles. The fraction of sp³-hybridized carbons (Fsp3) is 0.609. The number of hydrogen-bond donors (Lipinski definition) is 3. The van der Waals surface area contributed by atoms with Crippen LogP contribution in [0, 0.1) is 12.3 Å². The molecule has 3 rings (SSSR count). The molecule has 8 nitrogen and oxygen atoms in total. The predicted molar refractivity (Wildman–Crippen MR) is 123 cm³/mol. The summed E-state index contributed by atoms with van der Waals surface area (Å²) in [6.45, 7) is 1.69. The largest absolute Gasteiger partial charge is 0.392 e. The lowest BCUT2D eigenvalue weighted by molar-refractivity contribution is -0.116. The number of amides is 1. The molecule has 174 valence electrons. The number of nitrogens with zero attached hydrogens (tertiary/aromatic N) is 3. The van der Waals surface area contributed by atoms with Crippen molar-refractivity contribution in [2.45, 2.75) is 82.6 Å². The maximum atomic E-state index is 12.4. The number of carbonyl (C=O) groups is 1. The second-order valence-corrected chi connectivity index (χ2v) is 8.58. The molecule has 0 unspecified atom stereocenters. The molecule has 0 saturated carbocycles. The van der Waals surface area contributed by atoms with Gasteiger partial charge in [-0.25, -0.2) is 0 Å². The summed E-state index contributed by atoms with van der Waals surface area (Å²) in [6, 6.07) is 1.75. The van der Waals surface area contributed by atoms with Crippen LogP contribution < -0.4 is 5.32 Å². The number of unbranched alkanes of at least 4 members (excludes halogenated alkanes) is 6. The van der Waals surface area contributed by atoms with E-state index in [9.17, 15) is 15.0 Å². The number of rotatable bonds is 11. The molecule has 0 aliphatic carbocycles. The Hall–Kier alpha value is -2.18. The van der Waals surface area contributed by atoms with Crippen molar-refractivity contribution >= 4 is 34.4 Å². The first-order valence-corrected chi connectivity index (χ1v) is 11.6. The van der Waals surface area contributed by atoms with E-state index in [2.05, 4.69) is 28.1 Å². The normalized spacial score (nSPS) is 22.8. The van der Waals surface area contributed by atoms with Crippen molar-refractivity contribution in [3.05, 3.63) is 17.5 Å². The molecule has 0 aromatic carbocycles. The van der Waals surface area contributed by atoms with E-state index >= 15 is 0 Å². The molecule has 1 saturated heterocycles. The fourth-order valence-electron chi connectivity index (χ4n) is 4.01. The Bertz CT molecular complexity index is 973. The van der Waals surface area contributed by atoms with Gasteiger partial charge in [0.25, 0.3) is 0 Å². The number of terminal acetylenes is 1. The van der Waals surface area contributed by atoms with E-state index in [1.807, 2.05) is 0 Å². The van der Waals surface area contributed by atoms with Gasteiger partial charge in [-0.1, -0.05) is 51.4 Å². The number of hydrogen-bond acceptors (Lipinski definition) is 6. The zero-order valence-electron chi connectivity index (χ0n) is 18.4. The molecule has 0 radical (unpaired) electrons. The molecule has 0 spiro atoms. The molecule has 3 N–H and O–H groups in total. The van der Waals surface area contributed by atoms with Crippen LogP contribution in [0.2, 0.25) is 5.28 Å². The van der Waals surface area contributed by atoms with Crippen molar-refractivity contribution in [3.63, 3.8) is 0 Å². The number of ether oxygens (including phenoxy) is 1. The second kappa shape index (κ2) is 11.1. The smallest absolute Gasteiger partial charge is 0.226 e. The molecule has 1 amide bonds. The van der Waals surface area contributed by atoms with E-state index < -0.39 is 24.5 Å². The predicted octanol–water partition coefficient (Wildman–Crippen LogP) is 3.81. The van der Waals surface area contributed by atoms with Crippen LogP contribution in [0.4, 0.5) is 5.82 Å². The van der Waals surface area contributed by atoms with E-state index in [1.165, 1.54) is 25.7 Å². The number of fused-ring (bicyclic) bond motifs is 1. The van der Waals surface area contributed by atoms with Crippen LogP contribution in [0.5, 0.6) is 0 Å². The Kier molecular flexibility index (Phi) is 8.49. The van der Waals surface area contributed by atoms with Crippen molar-refractivity contribution in [3.8, 4) is 12.3 Å². The van der Waals surface area contributed by atoms with Crippen LogP contribution in [0.25, 0.3) is 11.0 Å². The molecule has 32 heavy (non-hydrogen) atoms. The fourth-order valence-corrected chi connectivity index (χ4v) is 4.18. The molecular weight excluding hydrogens is 432 g/mol. The number of carbonyl (C=O) groups excluding carboxylic acids is 1. The number of aliphatic hydroxyl groups is 2. The van der Waals surface area contributed by atoms with Crippen molar-refractivity contribution in [1.29, 1.82) is 0 Å². The third-order valence-corrected chi connectivity index (χ3v) is 6.08. The molecule has 1 fully saturated rings. The van der Waals surface area contributed by atoms with Crippen LogP contribution in [0.1, 0.15) is 70.9 Å². The lowest BCUT2D eigenvalue weighted by atomic mass is 9.99. The average molecular weight is 463 g/mol. The number of aromatic nitrogens is 3. The van der Waals surface area contributed by atoms with Gasteiger partial charge in [0.15, 0.2) is 5.60 Å². The number of aliphatic hydroxyl groups excluding tert-OH is 2. The van der Waals surface area contributed by atoms with Crippen molar-refractivity contribution in [1.82, 2.24) is 14.5 Å². The molecule has 2 aromatic rings. The number of halogens is 1. The van der Waals surface area contributed by atoms with Crippen LogP contribution in [0.15, 0.2) is 12.3 Å². The van der Waals surface area contributed by atoms with Gasteiger partial charge in [-0.15, -0.1) is 6.42 Å². The van der Waals surface area contributed by atoms with E-state index in [-0.39, 0.29) is 17.6 Å². The van der Waals surface area contributed by atoms with Gasteiger partial charge < -0.3 is 24.8 Å². The summed E-state index contributed by atoms with van der Waals surface area (Å²) in [7, 11) is 0. The summed E-state index contributed by atoms with van der Waals surface area (Å²) in [5.74, 6) is 2.56. The lowest BCUT2D eigenvalue weighted by Gasteiger charge is -2.23. The first-order chi connectivity index (χ1) is 15.4. The first kappa shape index (κ1) is 24.5. The van der Waals surface area contributed by atoms with Crippen LogP contribution >= 0.6 is 11.6 Å². The quantitative estimate of drug-likeness (QED) is 0.266. The van der Waals surface area contributed by atoms with Gasteiger partial charge >= 0.3 is 0 Å². The highest BCUT2D eigenvalue weighted by Gasteiger charge is 2.47. The molecule has 9 heteroatoms. The Labute approximate surface area is 193 Å². The van der Waals surface area contributed by atoms with Gasteiger partial charge in [-0.3, -0.25) is 4.79 Å². The highest BCUT2D eigenvalue weighted by atomic mass is 35.5. The SMILES string of the molecule is C#C[C@]1(CO)O[C@@H](n2ccc3c(NC(=O)CCCCCCCCC)nc(Cl)nc32)C[C@@H]1O. The molecular formula is C23H31ClN4O4. The maximum absolute atomic E-state index is 12.4. The van der Waals surface area contributed by atoms with Gasteiger partial charge in [0.1, 0.15) is 23.8 Å². The highest BCUT2D eigenvalue weighted by Crippen LogP contribution is 2.38. The van der Waals surface area contributed by atoms with Crippen LogP contribution in [0.3, 0.4) is 0 Å². The van der Waals surface area contributed by atoms with Gasteiger partial charge in [-0.05, 0) is 24.1 Å². The zero-order chi connectivity index (χ0) is 23.1. The minimum Gasteiger partial charge on any atom is -0.392 e. The molecule has 1 aliphatic rings. The summed E-state index contributed by atoms with van der Waals surface area (Å²) in [4.78, 5) is 20.9. The second-order valence-electron chi connectivity index (χ2n) is 8.24. The minimum absolute atomic E-state index is 0.0207. The third-order valence-electron chi connectivity index (χ3n) is 5.91. The molecule has 3 heterocycles. The highest BCUT2D eigenvalue weighted by molar-refractivity contribution is 6.28. The summed E-state index contributed by atoms with van der Waals surface area (Å²) in [5, 5.41) is 23.3. The Balaban J connectivity index is 1.67. The summed E-state index contributed by atoms with van der Waals surface area (Å²) in [5.41, 5.74) is -1.02. The van der Waals surface area contributed by atoms with Gasteiger partial charge in [-0.2, -0.15) is 9.97 Å².